The standard InChI is InChI=1S/C14H19N3O4/c1-3-21-14-11-12(5-6-13(14)17(18)19)16(8-4-7-15)9-10-20-2/h5-6,11H,3-4,8-10H2,1-2H3. The van der Waals surface area contributed by atoms with Gasteiger partial charge in [0.1, 0.15) is 0 Å². The fourth-order valence-corrected chi connectivity index (χ4v) is 1.88. The predicted octanol–water partition coefficient (Wildman–Crippen LogP) is 2.36. The zero-order valence-corrected chi connectivity index (χ0v) is 12.2. The van der Waals surface area contributed by atoms with E-state index in [1.807, 2.05) is 4.90 Å². The highest BCUT2D eigenvalue weighted by molar-refractivity contribution is 5.59. The third kappa shape index (κ3) is 4.93. The van der Waals surface area contributed by atoms with Crippen molar-refractivity contribution in [3.8, 4) is 11.8 Å². The molecule has 0 N–H and O–H groups in total. The lowest BCUT2D eigenvalue weighted by Crippen LogP contribution is -2.28. The topological polar surface area (TPSA) is 88.6 Å². The number of nitrogens with zero attached hydrogens (tertiary/aromatic N) is 3. The Labute approximate surface area is 123 Å². The fraction of sp³-hybridized carbons (Fsp3) is 0.500. The Hall–Kier alpha value is -2.33. The van der Waals surface area contributed by atoms with E-state index in [-0.39, 0.29) is 11.4 Å². The second-order valence-electron chi connectivity index (χ2n) is 4.23. The van der Waals surface area contributed by atoms with Gasteiger partial charge in [0.05, 0.1) is 30.6 Å². The van der Waals surface area contributed by atoms with Gasteiger partial charge < -0.3 is 14.4 Å². The van der Waals surface area contributed by atoms with Crippen LogP contribution in [0.2, 0.25) is 0 Å². The van der Waals surface area contributed by atoms with Gasteiger partial charge in [-0.15, -0.1) is 0 Å². The molecule has 0 aliphatic rings. The Kier molecular flexibility index (Phi) is 6.98. The minimum atomic E-state index is -0.469. The summed E-state index contributed by atoms with van der Waals surface area (Å²) in [6.45, 7) is 3.76. The molecule has 0 heterocycles. The number of nitriles is 1. The number of hydrogen-bond acceptors (Lipinski definition) is 6. The fourth-order valence-electron chi connectivity index (χ4n) is 1.88. The SMILES string of the molecule is CCOc1cc(N(CCC#N)CCOC)ccc1[N+](=O)[O-]. The Morgan fingerprint density at radius 3 is 2.76 bits per heavy atom. The number of anilines is 1. The van der Waals surface area contributed by atoms with Crippen molar-refractivity contribution in [2.75, 3.05) is 38.3 Å². The first-order valence-corrected chi connectivity index (χ1v) is 6.66. The van der Waals surface area contributed by atoms with E-state index in [0.717, 1.165) is 5.69 Å². The van der Waals surface area contributed by atoms with Gasteiger partial charge in [-0.25, -0.2) is 0 Å². The van der Waals surface area contributed by atoms with Crippen LogP contribution >= 0.6 is 0 Å². The maximum atomic E-state index is 11.0. The molecule has 1 rings (SSSR count). The first-order chi connectivity index (χ1) is 10.1. The quantitative estimate of drug-likeness (QED) is 0.513. The van der Waals surface area contributed by atoms with Crippen molar-refractivity contribution < 1.29 is 14.4 Å². The van der Waals surface area contributed by atoms with Gasteiger partial charge >= 0.3 is 5.69 Å². The molecule has 0 saturated heterocycles. The van der Waals surface area contributed by atoms with Gasteiger partial charge in [-0.2, -0.15) is 5.26 Å². The van der Waals surface area contributed by atoms with Crippen molar-refractivity contribution in [3.05, 3.63) is 28.3 Å². The summed E-state index contributed by atoms with van der Waals surface area (Å²) in [6.07, 6.45) is 0.366. The van der Waals surface area contributed by atoms with Crippen LogP contribution in [0.3, 0.4) is 0 Å². The molecule has 0 radical (unpaired) electrons. The summed E-state index contributed by atoms with van der Waals surface area (Å²) in [7, 11) is 1.60. The molecule has 0 unspecified atom stereocenters. The van der Waals surface area contributed by atoms with Gasteiger partial charge in [0.2, 0.25) is 0 Å². The van der Waals surface area contributed by atoms with E-state index in [0.29, 0.717) is 32.7 Å². The van der Waals surface area contributed by atoms with Crippen LogP contribution < -0.4 is 9.64 Å². The molecule has 21 heavy (non-hydrogen) atoms. The van der Waals surface area contributed by atoms with Gasteiger partial charge in [0.15, 0.2) is 5.75 Å². The number of nitro benzene ring substituents is 1. The van der Waals surface area contributed by atoms with Crippen LogP contribution in [-0.4, -0.2) is 38.3 Å². The molecule has 0 spiro atoms. The second kappa shape index (κ2) is 8.76. The Bertz CT molecular complexity index is 513. The average molecular weight is 293 g/mol. The zero-order valence-electron chi connectivity index (χ0n) is 12.2. The summed E-state index contributed by atoms with van der Waals surface area (Å²) < 4.78 is 10.4. The molecule has 7 heteroatoms. The molecule has 1 aromatic carbocycles. The molecule has 0 bridgehead atoms. The number of methoxy groups -OCH3 is 1. The molecule has 0 aliphatic carbocycles. The lowest BCUT2D eigenvalue weighted by Gasteiger charge is -2.23. The van der Waals surface area contributed by atoms with E-state index >= 15 is 0 Å². The van der Waals surface area contributed by atoms with Crippen molar-refractivity contribution in [3.63, 3.8) is 0 Å². The van der Waals surface area contributed by atoms with E-state index in [9.17, 15) is 10.1 Å². The summed E-state index contributed by atoms with van der Waals surface area (Å²) in [5.41, 5.74) is 0.712. The summed E-state index contributed by atoms with van der Waals surface area (Å²) in [5.74, 6) is 0.236. The van der Waals surface area contributed by atoms with Crippen LogP contribution in [0.1, 0.15) is 13.3 Å². The Morgan fingerprint density at radius 1 is 1.43 bits per heavy atom. The lowest BCUT2D eigenvalue weighted by molar-refractivity contribution is -0.385. The molecule has 0 amide bonds. The van der Waals surface area contributed by atoms with Gasteiger partial charge in [0, 0.05) is 38.0 Å². The third-order valence-corrected chi connectivity index (χ3v) is 2.86. The highest BCUT2D eigenvalue weighted by atomic mass is 16.6. The van der Waals surface area contributed by atoms with E-state index in [4.69, 9.17) is 14.7 Å². The van der Waals surface area contributed by atoms with Crippen molar-refractivity contribution >= 4 is 11.4 Å². The molecule has 7 nitrogen and oxygen atoms in total. The van der Waals surface area contributed by atoms with Gasteiger partial charge in [-0.05, 0) is 13.0 Å². The summed E-state index contributed by atoms with van der Waals surface area (Å²) in [4.78, 5) is 12.4. The monoisotopic (exact) mass is 293 g/mol. The van der Waals surface area contributed by atoms with Gasteiger partial charge in [-0.1, -0.05) is 0 Å². The highest BCUT2D eigenvalue weighted by Gasteiger charge is 2.17. The van der Waals surface area contributed by atoms with Gasteiger partial charge in [0.25, 0.3) is 0 Å². The number of nitro groups is 1. The van der Waals surface area contributed by atoms with Crippen LogP contribution in [0.25, 0.3) is 0 Å². The van der Waals surface area contributed by atoms with E-state index < -0.39 is 4.92 Å². The normalized spacial score (nSPS) is 9.95. The van der Waals surface area contributed by atoms with Crippen LogP contribution in [0.5, 0.6) is 5.75 Å². The Balaban J connectivity index is 3.04. The van der Waals surface area contributed by atoms with E-state index in [1.165, 1.54) is 6.07 Å². The average Bonchev–Trinajstić information content (AvgIpc) is 2.47. The smallest absolute Gasteiger partial charge is 0.311 e. The molecule has 0 fully saturated rings. The third-order valence-electron chi connectivity index (χ3n) is 2.86. The summed E-state index contributed by atoms with van der Waals surface area (Å²) in [6, 6.07) is 6.81. The van der Waals surface area contributed by atoms with Crippen molar-refractivity contribution in [1.29, 1.82) is 5.26 Å². The highest BCUT2D eigenvalue weighted by Crippen LogP contribution is 2.31. The first-order valence-electron chi connectivity index (χ1n) is 6.66. The maximum absolute atomic E-state index is 11.0. The largest absolute Gasteiger partial charge is 0.487 e. The molecule has 0 aliphatic heterocycles. The molecule has 0 saturated carbocycles. The molecular formula is C14H19N3O4. The molecule has 0 aromatic heterocycles. The van der Waals surface area contributed by atoms with Crippen LogP contribution in [-0.2, 0) is 4.74 Å². The van der Waals surface area contributed by atoms with Crippen LogP contribution in [0.15, 0.2) is 18.2 Å². The zero-order chi connectivity index (χ0) is 15.7. The first kappa shape index (κ1) is 16.7. The molecule has 114 valence electrons. The van der Waals surface area contributed by atoms with Crippen molar-refractivity contribution in [1.82, 2.24) is 0 Å². The predicted molar refractivity (Wildman–Crippen MR) is 78.6 cm³/mol. The minimum absolute atomic E-state index is 0.0624. The number of hydrogen-bond donors (Lipinski definition) is 0. The van der Waals surface area contributed by atoms with Crippen molar-refractivity contribution in [2.45, 2.75) is 13.3 Å². The second-order valence-corrected chi connectivity index (χ2v) is 4.23. The summed E-state index contributed by atoms with van der Waals surface area (Å²) >= 11 is 0. The van der Waals surface area contributed by atoms with E-state index in [1.54, 1.807) is 26.2 Å². The Morgan fingerprint density at radius 2 is 2.19 bits per heavy atom. The molecule has 1 aromatic rings. The molecular weight excluding hydrogens is 274 g/mol. The van der Waals surface area contributed by atoms with Crippen LogP contribution in [0.4, 0.5) is 11.4 Å². The maximum Gasteiger partial charge on any atom is 0.311 e. The number of ether oxygens (including phenoxy) is 2. The minimum Gasteiger partial charge on any atom is -0.487 e. The lowest BCUT2D eigenvalue weighted by atomic mass is 10.2. The summed E-state index contributed by atoms with van der Waals surface area (Å²) in [5, 5.41) is 19.7. The van der Waals surface area contributed by atoms with Gasteiger partial charge in [-0.3, -0.25) is 10.1 Å². The number of benzene rings is 1. The van der Waals surface area contributed by atoms with E-state index in [2.05, 4.69) is 6.07 Å². The number of rotatable bonds is 9. The molecule has 0 atom stereocenters. The van der Waals surface area contributed by atoms with Crippen molar-refractivity contribution in [2.24, 2.45) is 0 Å². The van der Waals surface area contributed by atoms with Crippen LogP contribution in [0, 0.1) is 21.4 Å².